The summed E-state index contributed by atoms with van der Waals surface area (Å²) in [7, 11) is 0. The second kappa shape index (κ2) is 4.77. The summed E-state index contributed by atoms with van der Waals surface area (Å²) in [6, 6.07) is 7.43. The van der Waals surface area contributed by atoms with Crippen molar-refractivity contribution in [3.63, 3.8) is 0 Å². The summed E-state index contributed by atoms with van der Waals surface area (Å²) in [4.78, 5) is 0. The number of likely N-dealkylation sites (N-methyl/N-ethyl adjacent to an activating group) is 1. The Bertz CT molecular complexity index is 369. The first kappa shape index (κ1) is 12.6. The Hall–Kier alpha value is -0.890. The molecule has 1 N–H and O–H groups in total. The third kappa shape index (κ3) is 3.06. The van der Waals surface area contributed by atoms with Crippen molar-refractivity contribution in [2.24, 2.45) is 11.3 Å². The molecule has 2 heteroatoms. The van der Waals surface area contributed by atoms with Gasteiger partial charge < -0.3 is 5.32 Å². The lowest BCUT2D eigenvalue weighted by molar-refractivity contribution is 0.409. The fourth-order valence-corrected chi connectivity index (χ4v) is 2.69. The van der Waals surface area contributed by atoms with Gasteiger partial charge in [0.1, 0.15) is 5.82 Å². The smallest absolute Gasteiger partial charge is 0.123 e. The predicted octanol–water partition coefficient (Wildman–Crippen LogP) is 3.39. The molecule has 0 aliphatic heterocycles. The van der Waals surface area contributed by atoms with Gasteiger partial charge in [-0.15, -0.1) is 0 Å². The number of benzene rings is 1. The van der Waals surface area contributed by atoms with Crippen molar-refractivity contribution >= 4 is 0 Å². The SMILES string of the molecule is CCNC(Cc1ccc(F)cc1)C1CC1(C)C. The first-order valence-electron chi connectivity index (χ1n) is 6.51. The first-order chi connectivity index (χ1) is 8.03. The first-order valence-corrected chi connectivity index (χ1v) is 6.51. The number of halogens is 1. The Labute approximate surface area is 103 Å². The van der Waals surface area contributed by atoms with Crippen LogP contribution >= 0.6 is 0 Å². The van der Waals surface area contributed by atoms with Gasteiger partial charge in [-0.25, -0.2) is 4.39 Å². The Kier molecular flexibility index (Phi) is 3.53. The average Bonchev–Trinajstić information content (AvgIpc) is 2.90. The lowest BCUT2D eigenvalue weighted by Crippen LogP contribution is -2.34. The van der Waals surface area contributed by atoms with Crippen LogP contribution in [0.5, 0.6) is 0 Å². The highest BCUT2D eigenvalue weighted by Gasteiger charge is 2.49. The van der Waals surface area contributed by atoms with Gasteiger partial charge in [0.2, 0.25) is 0 Å². The highest BCUT2D eigenvalue weighted by molar-refractivity contribution is 5.18. The summed E-state index contributed by atoms with van der Waals surface area (Å²) in [6.45, 7) is 7.80. The van der Waals surface area contributed by atoms with Crippen molar-refractivity contribution in [2.45, 2.75) is 39.7 Å². The molecule has 1 fully saturated rings. The summed E-state index contributed by atoms with van der Waals surface area (Å²) in [6.07, 6.45) is 2.30. The highest BCUT2D eigenvalue weighted by Crippen LogP contribution is 2.54. The zero-order valence-electron chi connectivity index (χ0n) is 11.0. The van der Waals surface area contributed by atoms with E-state index in [0.717, 1.165) is 18.9 Å². The van der Waals surface area contributed by atoms with E-state index in [-0.39, 0.29) is 5.82 Å². The molecule has 1 aliphatic carbocycles. The molecule has 0 aromatic heterocycles. The Morgan fingerprint density at radius 3 is 2.41 bits per heavy atom. The molecule has 0 amide bonds. The van der Waals surface area contributed by atoms with Gasteiger partial charge in [0, 0.05) is 6.04 Å². The lowest BCUT2D eigenvalue weighted by atomic mass is 9.97. The van der Waals surface area contributed by atoms with Gasteiger partial charge >= 0.3 is 0 Å². The van der Waals surface area contributed by atoms with Gasteiger partial charge in [-0.05, 0) is 48.4 Å². The van der Waals surface area contributed by atoms with E-state index in [4.69, 9.17) is 0 Å². The molecule has 94 valence electrons. The van der Waals surface area contributed by atoms with Crippen LogP contribution in [0.4, 0.5) is 4.39 Å². The number of nitrogens with one attached hydrogen (secondary N) is 1. The number of rotatable bonds is 5. The van der Waals surface area contributed by atoms with Crippen LogP contribution in [0.3, 0.4) is 0 Å². The maximum Gasteiger partial charge on any atom is 0.123 e. The van der Waals surface area contributed by atoms with Gasteiger partial charge in [0.05, 0.1) is 0 Å². The molecule has 0 heterocycles. The van der Waals surface area contributed by atoms with E-state index in [2.05, 4.69) is 26.1 Å². The van der Waals surface area contributed by atoms with Crippen LogP contribution in [0, 0.1) is 17.2 Å². The average molecular weight is 235 g/mol. The lowest BCUT2D eigenvalue weighted by Gasteiger charge is -2.19. The van der Waals surface area contributed by atoms with Crippen LogP contribution in [0.25, 0.3) is 0 Å². The topological polar surface area (TPSA) is 12.0 Å². The van der Waals surface area contributed by atoms with E-state index >= 15 is 0 Å². The molecule has 17 heavy (non-hydrogen) atoms. The number of hydrogen-bond acceptors (Lipinski definition) is 1. The summed E-state index contributed by atoms with van der Waals surface area (Å²) in [5.41, 5.74) is 1.70. The summed E-state index contributed by atoms with van der Waals surface area (Å²) in [5, 5.41) is 3.57. The van der Waals surface area contributed by atoms with Crippen LogP contribution in [0.2, 0.25) is 0 Å². The van der Waals surface area contributed by atoms with Crippen LogP contribution < -0.4 is 5.32 Å². The van der Waals surface area contributed by atoms with E-state index in [1.54, 1.807) is 12.1 Å². The summed E-state index contributed by atoms with van der Waals surface area (Å²) < 4.78 is 12.9. The molecule has 1 aromatic rings. The molecule has 2 atom stereocenters. The van der Waals surface area contributed by atoms with Crippen molar-refractivity contribution in [2.75, 3.05) is 6.54 Å². The summed E-state index contributed by atoms with van der Waals surface area (Å²) >= 11 is 0. The Morgan fingerprint density at radius 1 is 1.35 bits per heavy atom. The van der Waals surface area contributed by atoms with Gasteiger partial charge in [0.15, 0.2) is 0 Å². The molecular weight excluding hydrogens is 213 g/mol. The fraction of sp³-hybridized carbons (Fsp3) is 0.600. The molecular formula is C15H22FN. The number of hydrogen-bond donors (Lipinski definition) is 1. The molecule has 1 aromatic carbocycles. The molecule has 2 rings (SSSR count). The largest absolute Gasteiger partial charge is 0.314 e. The van der Waals surface area contributed by atoms with E-state index in [0.29, 0.717) is 11.5 Å². The van der Waals surface area contributed by atoms with Crippen molar-refractivity contribution in [1.82, 2.24) is 5.32 Å². The molecule has 0 radical (unpaired) electrons. The molecule has 0 saturated heterocycles. The van der Waals surface area contributed by atoms with Crippen molar-refractivity contribution in [3.05, 3.63) is 35.6 Å². The third-order valence-electron chi connectivity index (χ3n) is 3.91. The van der Waals surface area contributed by atoms with Crippen LogP contribution in [0.15, 0.2) is 24.3 Å². The van der Waals surface area contributed by atoms with Gasteiger partial charge in [-0.3, -0.25) is 0 Å². The molecule has 1 saturated carbocycles. The minimum absolute atomic E-state index is 0.152. The van der Waals surface area contributed by atoms with E-state index in [9.17, 15) is 4.39 Å². The third-order valence-corrected chi connectivity index (χ3v) is 3.91. The van der Waals surface area contributed by atoms with Crippen molar-refractivity contribution in [1.29, 1.82) is 0 Å². The maximum atomic E-state index is 12.9. The fourth-order valence-electron chi connectivity index (χ4n) is 2.69. The quantitative estimate of drug-likeness (QED) is 0.825. The van der Waals surface area contributed by atoms with Crippen molar-refractivity contribution in [3.8, 4) is 0 Å². The van der Waals surface area contributed by atoms with E-state index in [1.807, 2.05) is 12.1 Å². The van der Waals surface area contributed by atoms with E-state index in [1.165, 1.54) is 12.0 Å². The second-order valence-corrected chi connectivity index (χ2v) is 5.79. The van der Waals surface area contributed by atoms with Crippen LogP contribution in [-0.4, -0.2) is 12.6 Å². The van der Waals surface area contributed by atoms with Crippen LogP contribution in [0.1, 0.15) is 32.8 Å². The molecule has 0 bridgehead atoms. The monoisotopic (exact) mass is 235 g/mol. The second-order valence-electron chi connectivity index (χ2n) is 5.79. The highest BCUT2D eigenvalue weighted by atomic mass is 19.1. The van der Waals surface area contributed by atoms with E-state index < -0.39 is 0 Å². The summed E-state index contributed by atoms with van der Waals surface area (Å²) in [5.74, 6) is 0.605. The zero-order chi connectivity index (χ0) is 12.5. The molecule has 0 spiro atoms. The minimum Gasteiger partial charge on any atom is -0.314 e. The molecule has 1 nitrogen and oxygen atoms in total. The normalized spacial score (nSPS) is 23.4. The van der Waals surface area contributed by atoms with Gasteiger partial charge in [-0.1, -0.05) is 32.9 Å². The standard InChI is InChI=1S/C15H22FN/c1-4-17-14(13-10-15(13,2)3)9-11-5-7-12(16)8-6-11/h5-8,13-14,17H,4,9-10H2,1-3H3. The zero-order valence-corrected chi connectivity index (χ0v) is 11.0. The Morgan fingerprint density at radius 2 is 1.94 bits per heavy atom. The predicted molar refractivity (Wildman–Crippen MR) is 69.5 cm³/mol. The molecule has 1 aliphatic rings. The Balaban J connectivity index is 2.00. The van der Waals surface area contributed by atoms with Crippen LogP contribution in [-0.2, 0) is 6.42 Å². The van der Waals surface area contributed by atoms with Gasteiger partial charge in [-0.2, -0.15) is 0 Å². The van der Waals surface area contributed by atoms with Gasteiger partial charge in [0.25, 0.3) is 0 Å². The van der Waals surface area contributed by atoms with Crippen molar-refractivity contribution < 1.29 is 4.39 Å². The maximum absolute atomic E-state index is 12.9. The molecule has 2 unspecified atom stereocenters. The minimum atomic E-state index is -0.152.